The van der Waals surface area contributed by atoms with E-state index in [1.165, 1.54) is 24.0 Å². The molecule has 1 amide bonds. The molecule has 0 fully saturated rings. The molecule has 0 bridgehead atoms. The van der Waals surface area contributed by atoms with Crippen molar-refractivity contribution in [2.45, 2.75) is 25.7 Å². The zero-order chi connectivity index (χ0) is 14.7. The molecular formula is C18H19NO2. The van der Waals surface area contributed by atoms with Crippen LogP contribution in [0.4, 0.5) is 5.69 Å². The number of methoxy groups -OCH3 is 1. The highest BCUT2D eigenvalue weighted by Crippen LogP contribution is 2.28. The van der Waals surface area contributed by atoms with Gasteiger partial charge in [-0.15, -0.1) is 0 Å². The smallest absolute Gasteiger partial charge is 0.255 e. The Morgan fingerprint density at radius 2 is 1.90 bits per heavy atom. The van der Waals surface area contributed by atoms with E-state index in [2.05, 4.69) is 11.4 Å². The van der Waals surface area contributed by atoms with E-state index >= 15 is 0 Å². The van der Waals surface area contributed by atoms with Crippen molar-refractivity contribution in [2.24, 2.45) is 0 Å². The molecule has 1 aliphatic rings. The van der Waals surface area contributed by atoms with Crippen LogP contribution in [0.25, 0.3) is 0 Å². The molecule has 3 heteroatoms. The minimum Gasteiger partial charge on any atom is -0.497 e. The van der Waals surface area contributed by atoms with Crippen LogP contribution in [0.15, 0.2) is 42.5 Å². The number of hydrogen-bond acceptors (Lipinski definition) is 2. The van der Waals surface area contributed by atoms with Gasteiger partial charge in [0.25, 0.3) is 5.91 Å². The maximum absolute atomic E-state index is 12.4. The standard InChI is InChI=1S/C18H19NO2/c1-21-15-9-4-8-14(12-15)18(20)19-17-11-5-7-13-6-2-3-10-16(13)17/h4-5,7-9,11-12H,2-3,6,10H2,1H3,(H,19,20). The number of carbonyl (C=O) groups excluding carboxylic acids is 1. The molecular weight excluding hydrogens is 262 g/mol. The molecule has 0 radical (unpaired) electrons. The minimum absolute atomic E-state index is 0.0899. The zero-order valence-corrected chi connectivity index (χ0v) is 12.2. The average Bonchev–Trinajstić information content (AvgIpc) is 2.55. The molecule has 3 nitrogen and oxygen atoms in total. The molecule has 0 saturated heterocycles. The Morgan fingerprint density at radius 3 is 2.76 bits per heavy atom. The molecule has 0 saturated carbocycles. The lowest BCUT2D eigenvalue weighted by molar-refractivity contribution is 0.102. The summed E-state index contributed by atoms with van der Waals surface area (Å²) in [5.74, 6) is 0.602. The third-order valence-corrected chi connectivity index (χ3v) is 3.98. The Kier molecular flexibility index (Phi) is 3.91. The van der Waals surface area contributed by atoms with Gasteiger partial charge in [0.1, 0.15) is 5.75 Å². The first kappa shape index (κ1) is 13.7. The summed E-state index contributed by atoms with van der Waals surface area (Å²) in [6, 6.07) is 13.4. The third kappa shape index (κ3) is 2.92. The van der Waals surface area contributed by atoms with E-state index in [0.717, 1.165) is 18.5 Å². The van der Waals surface area contributed by atoms with Gasteiger partial charge in [0.15, 0.2) is 0 Å². The van der Waals surface area contributed by atoms with Crippen molar-refractivity contribution in [3.63, 3.8) is 0 Å². The van der Waals surface area contributed by atoms with E-state index in [-0.39, 0.29) is 5.91 Å². The van der Waals surface area contributed by atoms with Crippen molar-refractivity contribution < 1.29 is 9.53 Å². The SMILES string of the molecule is COc1cccc(C(=O)Nc2cccc3c2CCCC3)c1. The van der Waals surface area contributed by atoms with Gasteiger partial charge in [-0.3, -0.25) is 4.79 Å². The largest absolute Gasteiger partial charge is 0.497 e. The Morgan fingerprint density at radius 1 is 1.10 bits per heavy atom. The number of anilines is 1. The summed E-state index contributed by atoms with van der Waals surface area (Å²) >= 11 is 0. The number of nitrogens with one attached hydrogen (secondary N) is 1. The number of fused-ring (bicyclic) bond motifs is 1. The molecule has 2 aromatic carbocycles. The van der Waals surface area contributed by atoms with Gasteiger partial charge in [0, 0.05) is 11.3 Å². The highest BCUT2D eigenvalue weighted by molar-refractivity contribution is 6.05. The molecule has 0 aromatic heterocycles. The van der Waals surface area contributed by atoms with Crippen LogP contribution < -0.4 is 10.1 Å². The van der Waals surface area contributed by atoms with Gasteiger partial charge in [-0.2, -0.15) is 0 Å². The Bertz CT molecular complexity index is 664. The van der Waals surface area contributed by atoms with Gasteiger partial charge in [0.2, 0.25) is 0 Å². The topological polar surface area (TPSA) is 38.3 Å². The summed E-state index contributed by atoms with van der Waals surface area (Å²) in [6.45, 7) is 0. The lowest BCUT2D eigenvalue weighted by atomic mass is 9.90. The lowest BCUT2D eigenvalue weighted by Gasteiger charge is -2.19. The first-order chi connectivity index (χ1) is 10.3. The molecule has 21 heavy (non-hydrogen) atoms. The molecule has 2 aromatic rings. The number of benzene rings is 2. The van der Waals surface area contributed by atoms with E-state index in [0.29, 0.717) is 11.3 Å². The fourth-order valence-electron chi connectivity index (χ4n) is 2.86. The monoisotopic (exact) mass is 281 g/mol. The summed E-state index contributed by atoms with van der Waals surface area (Å²) in [6.07, 6.45) is 4.58. The minimum atomic E-state index is -0.0899. The number of carbonyl (C=O) groups is 1. The van der Waals surface area contributed by atoms with Crippen molar-refractivity contribution in [1.82, 2.24) is 0 Å². The number of aryl methyl sites for hydroxylation is 1. The van der Waals surface area contributed by atoms with E-state index in [4.69, 9.17) is 4.74 Å². The van der Waals surface area contributed by atoms with Crippen LogP contribution in [0.3, 0.4) is 0 Å². The highest BCUT2D eigenvalue weighted by atomic mass is 16.5. The summed E-state index contributed by atoms with van der Waals surface area (Å²) in [7, 11) is 1.60. The molecule has 3 rings (SSSR count). The summed E-state index contributed by atoms with van der Waals surface area (Å²) in [4.78, 5) is 12.4. The van der Waals surface area contributed by atoms with Gasteiger partial charge in [-0.05, 0) is 61.1 Å². The number of rotatable bonds is 3. The maximum atomic E-state index is 12.4. The van der Waals surface area contributed by atoms with Crippen molar-refractivity contribution in [2.75, 3.05) is 12.4 Å². The van der Waals surface area contributed by atoms with Crippen LogP contribution in [0, 0.1) is 0 Å². The van der Waals surface area contributed by atoms with Crippen molar-refractivity contribution in [1.29, 1.82) is 0 Å². The predicted molar refractivity (Wildman–Crippen MR) is 84.0 cm³/mol. The molecule has 0 heterocycles. The molecule has 1 N–H and O–H groups in total. The third-order valence-electron chi connectivity index (χ3n) is 3.98. The van der Waals surface area contributed by atoms with Crippen LogP contribution in [-0.4, -0.2) is 13.0 Å². The summed E-state index contributed by atoms with van der Waals surface area (Å²) in [5, 5.41) is 3.04. The van der Waals surface area contributed by atoms with Crippen LogP contribution in [0.5, 0.6) is 5.75 Å². The van der Waals surface area contributed by atoms with Crippen LogP contribution in [0.1, 0.15) is 34.3 Å². The number of hydrogen-bond donors (Lipinski definition) is 1. The molecule has 0 aliphatic heterocycles. The van der Waals surface area contributed by atoms with Crippen molar-refractivity contribution in [3.05, 3.63) is 59.2 Å². The number of ether oxygens (including phenoxy) is 1. The normalized spacial score (nSPS) is 13.4. The average molecular weight is 281 g/mol. The second-order valence-electron chi connectivity index (χ2n) is 5.34. The Labute approximate surface area is 124 Å². The summed E-state index contributed by atoms with van der Waals surface area (Å²) < 4.78 is 5.17. The van der Waals surface area contributed by atoms with E-state index < -0.39 is 0 Å². The maximum Gasteiger partial charge on any atom is 0.255 e. The van der Waals surface area contributed by atoms with Crippen molar-refractivity contribution >= 4 is 11.6 Å². The van der Waals surface area contributed by atoms with Gasteiger partial charge in [-0.25, -0.2) is 0 Å². The van der Waals surface area contributed by atoms with Gasteiger partial charge < -0.3 is 10.1 Å². The van der Waals surface area contributed by atoms with Gasteiger partial charge in [0.05, 0.1) is 7.11 Å². The highest BCUT2D eigenvalue weighted by Gasteiger charge is 2.15. The Balaban J connectivity index is 1.84. The van der Waals surface area contributed by atoms with E-state index in [1.54, 1.807) is 19.2 Å². The second kappa shape index (κ2) is 6.00. The lowest BCUT2D eigenvalue weighted by Crippen LogP contribution is -2.15. The van der Waals surface area contributed by atoms with Crippen LogP contribution in [-0.2, 0) is 12.8 Å². The molecule has 108 valence electrons. The molecule has 0 spiro atoms. The molecule has 0 atom stereocenters. The Hall–Kier alpha value is -2.29. The quantitative estimate of drug-likeness (QED) is 0.928. The summed E-state index contributed by atoms with van der Waals surface area (Å²) in [5.41, 5.74) is 4.22. The van der Waals surface area contributed by atoms with Gasteiger partial charge >= 0.3 is 0 Å². The predicted octanol–water partition coefficient (Wildman–Crippen LogP) is 3.83. The zero-order valence-electron chi connectivity index (χ0n) is 12.2. The molecule has 0 unspecified atom stereocenters. The molecule has 1 aliphatic carbocycles. The second-order valence-corrected chi connectivity index (χ2v) is 5.34. The van der Waals surface area contributed by atoms with Crippen molar-refractivity contribution in [3.8, 4) is 5.75 Å². The van der Waals surface area contributed by atoms with Crippen LogP contribution in [0.2, 0.25) is 0 Å². The number of amides is 1. The first-order valence-corrected chi connectivity index (χ1v) is 7.34. The fraction of sp³-hybridized carbons (Fsp3) is 0.278. The first-order valence-electron chi connectivity index (χ1n) is 7.34. The fourth-order valence-corrected chi connectivity index (χ4v) is 2.86. The van der Waals surface area contributed by atoms with Gasteiger partial charge in [-0.1, -0.05) is 18.2 Å². The van der Waals surface area contributed by atoms with E-state index in [1.807, 2.05) is 24.3 Å². The van der Waals surface area contributed by atoms with Crippen LogP contribution >= 0.6 is 0 Å². The van der Waals surface area contributed by atoms with E-state index in [9.17, 15) is 4.79 Å².